The van der Waals surface area contributed by atoms with Crippen LogP contribution >= 0.6 is 0 Å². The Morgan fingerprint density at radius 2 is 2.11 bits per heavy atom. The molecule has 0 aromatic heterocycles. The van der Waals surface area contributed by atoms with E-state index < -0.39 is 12.0 Å². The molecule has 0 aliphatic carbocycles. The van der Waals surface area contributed by atoms with Crippen LogP contribution in [-0.2, 0) is 4.79 Å². The normalized spacial score (nSPS) is 13.8. The summed E-state index contributed by atoms with van der Waals surface area (Å²) in [7, 11) is 1.62. The summed E-state index contributed by atoms with van der Waals surface area (Å²) < 4.78 is 5.30. The molecule has 0 heterocycles. The van der Waals surface area contributed by atoms with Crippen LogP contribution in [0.4, 0.5) is 0 Å². The molecule has 1 rings (SSSR count). The SMILES string of the molecule is CCCCC(N[C@@H](C)c1ccccc1OC)C(=O)O. The maximum absolute atomic E-state index is 11.2. The van der Waals surface area contributed by atoms with Gasteiger partial charge in [-0.3, -0.25) is 10.1 Å². The van der Waals surface area contributed by atoms with Crippen LogP contribution in [0.25, 0.3) is 0 Å². The second-order valence-electron chi connectivity index (χ2n) is 4.66. The van der Waals surface area contributed by atoms with Crippen LogP contribution in [0.2, 0.25) is 0 Å². The predicted octanol–water partition coefficient (Wildman–Crippen LogP) is 2.99. The number of hydrogen-bond acceptors (Lipinski definition) is 3. The summed E-state index contributed by atoms with van der Waals surface area (Å²) in [6, 6.07) is 7.09. The van der Waals surface area contributed by atoms with Crippen LogP contribution in [-0.4, -0.2) is 24.2 Å². The van der Waals surface area contributed by atoms with Crippen LogP contribution < -0.4 is 10.1 Å². The molecule has 0 aliphatic rings. The first-order chi connectivity index (χ1) is 9.10. The van der Waals surface area contributed by atoms with Crippen molar-refractivity contribution in [3.63, 3.8) is 0 Å². The van der Waals surface area contributed by atoms with Crippen molar-refractivity contribution < 1.29 is 14.6 Å². The Balaban J connectivity index is 2.75. The third-order valence-electron chi connectivity index (χ3n) is 3.20. The zero-order valence-corrected chi connectivity index (χ0v) is 11.8. The van der Waals surface area contributed by atoms with Crippen molar-refractivity contribution in [1.82, 2.24) is 5.32 Å². The van der Waals surface area contributed by atoms with E-state index in [1.807, 2.05) is 31.2 Å². The number of methoxy groups -OCH3 is 1. The Labute approximate surface area is 114 Å². The third kappa shape index (κ3) is 4.56. The Morgan fingerprint density at radius 3 is 2.68 bits per heavy atom. The Hall–Kier alpha value is -1.55. The fourth-order valence-electron chi connectivity index (χ4n) is 2.10. The zero-order valence-electron chi connectivity index (χ0n) is 11.8. The van der Waals surface area contributed by atoms with Gasteiger partial charge < -0.3 is 9.84 Å². The lowest BCUT2D eigenvalue weighted by Gasteiger charge is -2.22. The first-order valence-electron chi connectivity index (χ1n) is 6.71. The number of aliphatic carboxylic acids is 1. The molecule has 1 unspecified atom stereocenters. The maximum atomic E-state index is 11.2. The van der Waals surface area contributed by atoms with E-state index in [9.17, 15) is 9.90 Å². The predicted molar refractivity (Wildman–Crippen MR) is 75.5 cm³/mol. The third-order valence-corrected chi connectivity index (χ3v) is 3.20. The molecule has 106 valence electrons. The standard InChI is InChI=1S/C15H23NO3/c1-4-5-9-13(15(17)18)16-11(2)12-8-6-7-10-14(12)19-3/h6-8,10-11,13,16H,4-5,9H2,1-3H3,(H,17,18)/t11-,13?/m0/s1. The number of hydrogen-bond donors (Lipinski definition) is 2. The van der Waals surface area contributed by atoms with Gasteiger partial charge in [-0.25, -0.2) is 0 Å². The molecule has 2 N–H and O–H groups in total. The molecule has 0 bridgehead atoms. The van der Waals surface area contributed by atoms with Gasteiger partial charge in [0.15, 0.2) is 0 Å². The fourth-order valence-corrected chi connectivity index (χ4v) is 2.10. The Bertz CT molecular complexity index is 406. The molecule has 2 atom stereocenters. The monoisotopic (exact) mass is 265 g/mol. The fraction of sp³-hybridized carbons (Fsp3) is 0.533. The smallest absolute Gasteiger partial charge is 0.320 e. The number of carboxylic acids is 1. The number of benzene rings is 1. The number of rotatable bonds is 8. The molecule has 0 spiro atoms. The first kappa shape index (κ1) is 15.5. The lowest BCUT2D eigenvalue weighted by atomic mass is 10.0. The molecule has 0 radical (unpaired) electrons. The topological polar surface area (TPSA) is 58.6 Å². The summed E-state index contributed by atoms with van der Waals surface area (Å²) in [5.74, 6) is -0.0164. The van der Waals surface area contributed by atoms with Gasteiger partial charge in [-0.15, -0.1) is 0 Å². The largest absolute Gasteiger partial charge is 0.496 e. The van der Waals surface area contributed by atoms with E-state index in [-0.39, 0.29) is 6.04 Å². The van der Waals surface area contributed by atoms with Crippen molar-refractivity contribution in [2.24, 2.45) is 0 Å². The second kappa shape index (κ2) is 7.79. The molecule has 0 fully saturated rings. The molecule has 1 aromatic rings. The number of ether oxygens (including phenoxy) is 1. The Kier molecular flexibility index (Phi) is 6.36. The van der Waals surface area contributed by atoms with Crippen LogP contribution in [0.5, 0.6) is 5.75 Å². The van der Waals surface area contributed by atoms with E-state index in [2.05, 4.69) is 12.2 Å². The van der Waals surface area contributed by atoms with Gasteiger partial charge in [0.05, 0.1) is 7.11 Å². The van der Waals surface area contributed by atoms with Crippen molar-refractivity contribution in [3.05, 3.63) is 29.8 Å². The van der Waals surface area contributed by atoms with Crippen LogP contribution in [0.3, 0.4) is 0 Å². The average Bonchev–Trinajstić information content (AvgIpc) is 2.42. The molecule has 4 nitrogen and oxygen atoms in total. The minimum absolute atomic E-state index is 0.0610. The summed E-state index contributed by atoms with van der Waals surface area (Å²) in [5.41, 5.74) is 0.979. The summed E-state index contributed by atoms with van der Waals surface area (Å²) in [6.07, 6.45) is 2.54. The minimum atomic E-state index is -0.796. The van der Waals surface area contributed by atoms with E-state index >= 15 is 0 Å². The van der Waals surface area contributed by atoms with Gasteiger partial charge in [-0.05, 0) is 19.4 Å². The van der Waals surface area contributed by atoms with E-state index in [1.54, 1.807) is 7.11 Å². The maximum Gasteiger partial charge on any atom is 0.320 e. The highest BCUT2D eigenvalue weighted by atomic mass is 16.5. The van der Waals surface area contributed by atoms with Gasteiger partial charge >= 0.3 is 5.97 Å². The second-order valence-corrected chi connectivity index (χ2v) is 4.66. The molecule has 4 heteroatoms. The van der Waals surface area contributed by atoms with E-state index in [4.69, 9.17) is 4.74 Å². The molecule has 1 aromatic carbocycles. The van der Waals surface area contributed by atoms with Crippen molar-refractivity contribution in [1.29, 1.82) is 0 Å². The molecule has 19 heavy (non-hydrogen) atoms. The van der Waals surface area contributed by atoms with E-state index in [0.717, 1.165) is 24.2 Å². The quantitative estimate of drug-likeness (QED) is 0.758. The number of carbonyl (C=O) groups is 1. The highest BCUT2D eigenvalue weighted by Gasteiger charge is 2.20. The van der Waals surface area contributed by atoms with Gasteiger partial charge in [0.25, 0.3) is 0 Å². The van der Waals surface area contributed by atoms with E-state index in [0.29, 0.717) is 6.42 Å². The molecular formula is C15H23NO3. The number of nitrogens with one attached hydrogen (secondary N) is 1. The van der Waals surface area contributed by atoms with Gasteiger partial charge in [0.2, 0.25) is 0 Å². The molecule has 0 aliphatic heterocycles. The average molecular weight is 265 g/mol. The molecule has 0 saturated carbocycles. The summed E-state index contributed by atoms with van der Waals surface area (Å²) >= 11 is 0. The zero-order chi connectivity index (χ0) is 14.3. The summed E-state index contributed by atoms with van der Waals surface area (Å²) in [4.78, 5) is 11.2. The van der Waals surface area contributed by atoms with Crippen molar-refractivity contribution in [2.45, 2.75) is 45.2 Å². The van der Waals surface area contributed by atoms with Gasteiger partial charge in [0.1, 0.15) is 11.8 Å². The first-order valence-corrected chi connectivity index (χ1v) is 6.71. The van der Waals surface area contributed by atoms with Crippen molar-refractivity contribution >= 4 is 5.97 Å². The van der Waals surface area contributed by atoms with Crippen LogP contribution in [0.1, 0.15) is 44.7 Å². The van der Waals surface area contributed by atoms with Gasteiger partial charge in [0, 0.05) is 11.6 Å². The molecular weight excluding hydrogens is 242 g/mol. The number of carboxylic acid groups (broad SMARTS) is 1. The highest BCUT2D eigenvalue weighted by Crippen LogP contribution is 2.25. The van der Waals surface area contributed by atoms with Gasteiger partial charge in [-0.2, -0.15) is 0 Å². The lowest BCUT2D eigenvalue weighted by Crippen LogP contribution is -2.38. The Morgan fingerprint density at radius 1 is 1.42 bits per heavy atom. The summed E-state index contributed by atoms with van der Waals surface area (Å²) in [5, 5.41) is 12.4. The van der Waals surface area contributed by atoms with Crippen molar-refractivity contribution in [3.8, 4) is 5.75 Å². The number of unbranched alkanes of at least 4 members (excludes halogenated alkanes) is 1. The molecule has 0 saturated heterocycles. The molecule has 0 amide bonds. The summed E-state index contributed by atoms with van der Waals surface area (Å²) in [6.45, 7) is 4.02. The van der Waals surface area contributed by atoms with E-state index in [1.165, 1.54) is 0 Å². The number of para-hydroxylation sites is 1. The van der Waals surface area contributed by atoms with Gasteiger partial charge in [-0.1, -0.05) is 38.0 Å². The van der Waals surface area contributed by atoms with Crippen molar-refractivity contribution in [2.75, 3.05) is 7.11 Å². The lowest BCUT2D eigenvalue weighted by molar-refractivity contribution is -0.139. The van der Waals surface area contributed by atoms with Crippen LogP contribution in [0, 0.1) is 0 Å². The minimum Gasteiger partial charge on any atom is -0.496 e. The highest BCUT2D eigenvalue weighted by molar-refractivity contribution is 5.73. The van der Waals surface area contributed by atoms with Crippen LogP contribution in [0.15, 0.2) is 24.3 Å².